The predicted octanol–water partition coefficient (Wildman–Crippen LogP) is 1.74. The fourth-order valence-electron chi connectivity index (χ4n) is 5.22. The molecule has 2 N–H and O–H groups in total. The van der Waals surface area contributed by atoms with Crippen LogP contribution in [0.2, 0.25) is 0 Å². The molecule has 7 nitrogen and oxygen atoms in total. The van der Waals surface area contributed by atoms with Crippen molar-refractivity contribution in [1.82, 2.24) is 9.80 Å². The maximum absolute atomic E-state index is 13.5. The molecule has 7 heteroatoms. The lowest BCUT2D eigenvalue weighted by molar-refractivity contribution is -0.238. The van der Waals surface area contributed by atoms with Gasteiger partial charge in [-0.1, -0.05) is 48.5 Å². The van der Waals surface area contributed by atoms with Crippen molar-refractivity contribution >= 4 is 23.4 Å². The van der Waals surface area contributed by atoms with Crippen molar-refractivity contribution in [3.8, 4) is 0 Å². The molecule has 2 aromatic carbocycles. The zero-order valence-corrected chi connectivity index (χ0v) is 16.5. The van der Waals surface area contributed by atoms with Crippen molar-refractivity contribution in [3.63, 3.8) is 0 Å². The van der Waals surface area contributed by atoms with Crippen LogP contribution in [-0.4, -0.2) is 50.4 Å². The Morgan fingerprint density at radius 1 is 1.03 bits per heavy atom. The zero-order chi connectivity index (χ0) is 20.9. The number of para-hydroxylation sites is 1. The van der Waals surface area contributed by atoms with E-state index in [2.05, 4.69) is 5.32 Å². The predicted molar refractivity (Wildman–Crippen MR) is 109 cm³/mol. The van der Waals surface area contributed by atoms with Gasteiger partial charge in [0.05, 0.1) is 5.92 Å². The largest absolute Gasteiger partial charge is 0.362 e. The number of piperidine rings is 2. The summed E-state index contributed by atoms with van der Waals surface area (Å²) in [5.41, 5.74) is -1.86. The Labute approximate surface area is 174 Å². The van der Waals surface area contributed by atoms with Crippen molar-refractivity contribution in [1.29, 1.82) is 0 Å². The molecule has 4 saturated heterocycles. The fraction of sp³-hybridized carbons (Fsp3) is 0.348. The summed E-state index contributed by atoms with van der Waals surface area (Å²) in [6, 6.07) is 18.2. The molecule has 4 aliphatic heterocycles. The van der Waals surface area contributed by atoms with Crippen LogP contribution in [0.25, 0.3) is 0 Å². The number of nitrogens with zero attached hydrogens (tertiary/aromatic N) is 2. The molecule has 6 rings (SSSR count). The second-order valence-corrected chi connectivity index (χ2v) is 8.31. The van der Waals surface area contributed by atoms with Gasteiger partial charge in [0.15, 0.2) is 0 Å². The van der Waals surface area contributed by atoms with Crippen molar-refractivity contribution in [2.75, 3.05) is 11.9 Å². The molecule has 0 aromatic heterocycles. The van der Waals surface area contributed by atoms with E-state index < -0.39 is 29.0 Å². The smallest absolute Gasteiger partial charge is 0.277 e. The molecule has 0 radical (unpaired) electrons. The Kier molecular flexibility index (Phi) is 4.18. The third-order valence-corrected chi connectivity index (χ3v) is 6.67. The highest BCUT2D eigenvalue weighted by atomic mass is 16.3. The second-order valence-electron chi connectivity index (χ2n) is 8.31. The topological polar surface area (TPSA) is 89.9 Å². The van der Waals surface area contributed by atoms with E-state index in [-0.39, 0.29) is 18.9 Å². The van der Waals surface area contributed by atoms with Crippen LogP contribution in [0.3, 0.4) is 0 Å². The molecule has 1 spiro atoms. The van der Waals surface area contributed by atoms with Crippen LogP contribution in [0.1, 0.15) is 24.8 Å². The molecule has 30 heavy (non-hydrogen) atoms. The first-order valence-electron chi connectivity index (χ1n) is 10.2. The minimum absolute atomic E-state index is 0.0760. The molecule has 3 atom stereocenters. The molecule has 4 aliphatic rings. The Morgan fingerprint density at radius 2 is 1.70 bits per heavy atom. The van der Waals surface area contributed by atoms with E-state index >= 15 is 0 Å². The summed E-state index contributed by atoms with van der Waals surface area (Å²) >= 11 is 0. The lowest BCUT2D eigenvalue weighted by atomic mass is 9.68. The van der Waals surface area contributed by atoms with Gasteiger partial charge in [-0.3, -0.25) is 19.3 Å². The first kappa shape index (κ1) is 18.8. The van der Waals surface area contributed by atoms with Crippen LogP contribution >= 0.6 is 0 Å². The Bertz CT molecular complexity index is 1010. The maximum Gasteiger partial charge on any atom is 0.277 e. The van der Waals surface area contributed by atoms with E-state index in [9.17, 15) is 19.5 Å². The summed E-state index contributed by atoms with van der Waals surface area (Å²) in [5.74, 6) is -2.31. The molecule has 0 aliphatic carbocycles. The van der Waals surface area contributed by atoms with E-state index in [0.717, 1.165) is 5.56 Å². The minimum Gasteiger partial charge on any atom is -0.362 e. The number of hydrogen-bond donors (Lipinski definition) is 2. The number of piperazine rings is 1. The summed E-state index contributed by atoms with van der Waals surface area (Å²) in [4.78, 5) is 42.9. The van der Waals surface area contributed by atoms with Gasteiger partial charge >= 0.3 is 0 Å². The number of fused-ring (bicyclic) bond motifs is 2. The standard InChI is InChI=1S/C23H23N3O4/c27-19(24-17-10-5-2-6-11-17)18-14-22-12-7-13-25(22)21(29)23(18,30)26(20(22)28)15-16-8-3-1-4-9-16/h1-6,8-11,18,30H,7,12-15H2,(H,24,27)/t18-,22-,23+/m0/s1. The number of carbonyl (C=O) groups excluding carboxylic acids is 3. The monoisotopic (exact) mass is 405 g/mol. The van der Waals surface area contributed by atoms with E-state index in [1.165, 1.54) is 9.80 Å². The first-order chi connectivity index (χ1) is 14.5. The van der Waals surface area contributed by atoms with Crippen LogP contribution in [0.4, 0.5) is 5.69 Å². The van der Waals surface area contributed by atoms with Gasteiger partial charge in [0.2, 0.25) is 11.6 Å². The number of nitrogens with one attached hydrogen (secondary N) is 1. The summed E-state index contributed by atoms with van der Waals surface area (Å²) in [6.45, 7) is 0.506. The number of aliphatic hydroxyl groups is 1. The van der Waals surface area contributed by atoms with Gasteiger partial charge in [0.1, 0.15) is 5.54 Å². The summed E-state index contributed by atoms with van der Waals surface area (Å²) < 4.78 is 0. The number of rotatable bonds is 4. The molecular formula is C23H23N3O4. The Hall–Kier alpha value is -3.19. The molecule has 2 bridgehead atoms. The summed E-state index contributed by atoms with van der Waals surface area (Å²) in [6.07, 6.45) is 1.33. The van der Waals surface area contributed by atoms with Gasteiger partial charge in [-0.2, -0.15) is 0 Å². The molecule has 4 heterocycles. The van der Waals surface area contributed by atoms with Gasteiger partial charge < -0.3 is 15.3 Å². The summed E-state index contributed by atoms with van der Waals surface area (Å²) in [7, 11) is 0. The van der Waals surface area contributed by atoms with Crippen LogP contribution < -0.4 is 5.32 Å². The van der Waals surface area contributed by atoms with E-state index in [1.54, 1.807) is 24.3 Å². The fourth-order valence-corrected chi connectivity index (χ4v) is 5.22. The zero-order valence-electron chi connectivity index (χ0n) is 16.5. The lowest BCUT2D eigenvalue weighted by Crippen LogP contribution is -2.83. The minimum atomic E-state index is -2.20. The van der Waals surface area contributed by atoms with Gasteiger partial charge in [-0.25, -0.2) is 0 Å². The Balaban J connectivity index is 1.55. The molecule has 0 saturated carbocycles. The van der Waals surface area contributed by atoms with Crippen molar-refractivity contribution in [3.05, 3.63) is 66.2 Å². The van der Waals surface area contributed by atoms with Gasteiger partial charge in [-0.05, 0) is 37.0 Å². The van der Waals surface area contributed by atoms with Crippen LogP contribution in [0, 0.1) is 5.92 Å². The van der Waals surface area contributed by atoms with E-state index in [1.807, 2.05) is 36.4 Å². The number of benzene rings is 2. The van der Waals surface area contributed by atoms with E-state index in [0.29, 0.717) is 25.1 Å². The van der Waals surface area contributed by atoms with Crippen LogP contribution in [-0.2, 0) is 20.9 Å². The van der Waals surface area contributed by atoms with Crippen molar-refractivity contribution < 1.29 is 19.5 Å². The molecule has 3 amide bonds. The van der Waals surface area contributed by atoms with Crippen molar-refractivity contribution in [2.45, 2.75) is 37.1 Å². The third kappa shape index (κ3) is 2.51. The number of hydrogen-bond acceptors (Lipinski definition) is 4. The molecule has 0 unspecified atom stereocenters. The highest BCUT2D eigenvalue weighted by Crippen LogP contribution is 2.52. The van der Waals surface area contributed by atoms with E-state index in [4.69, 9.17) is 0 Å². The number of carbonyl (C=O) groups is 3. The molecule has 4 fully saturated rings. The summed E-state index contributed by atoms with van der Waals surface area (Å²) in [5, 5.41) is 14.5. The average Bonchev–Trinajstić information content (AvgIpc) is 3.20. The van der Waals surface area contributed by atoms with Crippen LogP contribution in [0.15, 0.2) is 60.7 Å². The highest BCUT2D eigenvalue weighted by molar-refractivity contribution is 6.08. The Morgan fingerprint density at radius 3 is 2.40 bits per heavy atom. The number of amides is 3. The highest BCUT2D eigenvalue weighted by Gasteiger charge is 2.73. The molecular weight excluding hydrogens is 382 g/mol. The van der Waals surface area contributed by atoms with Crippen molar-refractivity contribution in [2.24, 2.45) is 5.92 Å². The number of anilines is 1. The van der Waals surface area contributed by atoms with Gasteiger partial charge in [0.25, 0.3) is 11.8 Å². The molecule has 154 valence electrons. The normalized spacial score (nSPS) is 29.8. The average molecular weight is 405 g/mol. The van der Waals surface area contributed by atoms with Crippen LogP contribution in [0.5, 0.6) is 0 Å². The third-order valence-electron chi connectivity index (χ3n) is 6.67. The second kappa shape index (κ2) is 6.67. The lowest BCUT2D eigenvalue weighted by Gasteiger charge is -2.60. The van der Waals surface area contributed by atoms with Gasteiger partial charge in [0, 0.05) is 18.8 Å². The first-order valence-corrected chi connectivity index (χ1v) is 10.2. The van der Waals surface area contributed by atoms with Gasteiger partial charge in [-0.15, -0.1) is 0 Å². The molecule has 2 aromatic rings. The SMILES string of the molecule is O=C(Nc1ccccc1)[C@@H]1C[C@]23CCCN2C(=O)[C@@]1(O)N(Cc1ccccc1)C3=O. The quantitative estimate of drug-likeness (QED) is 0.811. The maximum atomic E-state index is 13.5.